The number of fused-ring (bicyclic) bond motifs is 1. The summed E-state index contributed by atoms with van der Waals surface area (Å²) < 4.78 is 5.83. The fourth-order valence-corrected chi connectivity index (χ4v) is 3.53. The Kier molecular flexibility index (Phi) is 5.38. The second-order valence-corrected chi connectivity index (χ2v) is 6.76. The van der Waals surface area contributed by atoms with Crippen molar-refractivity contribution < 1.29 is 14.3 Å². The predicted octanol–water partition coefficient (Wildman–Crippen LogP) is 2.14. The van der Waals surface area contributed by atoms with Crippen molar-refractivity contribution in [3.8, 4) is 5.75 Å². The van der Waals surface area contributed by atoms with Crippen molar-refractivity contribution in [2.45, 2.75) is 45.1 Å². The Bertz CT molecular complexity index is 577. The molecule has 0 bridgehead atoms. The van der Waals surface area contributed by atoms with Crippen molar-refractivity contribution in [2.24, 2.45) is 5.92 Å². The third-order valence-corrected chi connectivity index (χ3v) is 4.82. The van der Waals surface area contributed by atoms with Crippen molar-refractivity contribution in [3.63, 3.8) is 0 Å². The second kappa shape index (κ2) is 7.69. The standard InChI is InChI=1S/C19H26N2O3/c1-2-6-18(22)20-12-14-7-5-10-21(13-14)19(23)17-11-15-8-3-4-9-16(15)24-17/h3-4,8-9,14,17H,2,5-7,10-13H2,1H3,(H,20,22). The van der Waals surface area contributed by atoms with E-state index in [9.17, 15) is 9.59 Å². The van der Waals surface area contributed by atoms with E-state index in [0.29, 0.717) is 31.8 Å². The van der Waals surface area contributed by atoms with Gasteiger partial charge in [0.15, 0.2) is 6.10 Å². The summed E-state index contributed by atoms with van der Waals surface area (Å²) in [6.07, 6.45) is 3.74. The van der Waals surface area contributed by atoms with E-state index in [1.54, 1.807) is 0 Å². The number of carbonyl (C=O) groups is 2. The van der Waals surface area contributed by atoms with E-state index >= 15 is 0 Å². The summed E-state index contributed by atoms with van der Waals surface area (Å²) in [6.45, 7) is 4.16. The molecule has 2 atom stereocenters. The molecule has 0 radical (unpaired) electrons. The zero-order valence-corrected chi connectivity index (χ0v) is 14.3. The molecule has 0 aliphatic carbocycles. The van der Waals surface area contributed by atoms with Crippen LogP contribution in [0.5, 0.6) is 5.75 Å². The average molecular weight is 330 g/mol. The minimum Gasteiger partial charge on any atom is -0.480 e. The molecule has 5 heteroatoms. The number of hydrogen-bond donors (Lipinski definition) is 1. The number of amides is 2. The molecule has 2 heterocycles. The maximum absolute atomic E-state index is 12.8. The molecule has 3 rings (SSSR count). The van der Waals surface area contributed by atoms with Crippen LogP contribution < -0.4 is 10.1 Å². The van der Waals surface area contributed by atoms with Gasteiger partial charge in [-0.2, -0.15) is 0 Å². The highest BCUT2D eigenvalue weighted by molar-refractivity contribution is 5.82. The monoisotopic (exact) mass is 330 g/mol. The number of ether oxygens (including phenoxy) is 1. The van der Waals surface area contributed by atoms with E-state index in [2.05, 4.69) is 5.32 Å². The maximum Gasteiger partial charge on any atom is 0.264 e. The summed E-state index contributed by atoms with van der Waals surface area (Å²) in [7, 11) is 0. The zero-order valence-electron chi connectivity index (χ0n) is 14.3. The van der Waals surface area contributed by atoms with Crippen LogP contribution in [-0.2, 0) is 16.0 Å². The third kappa shape index (κ3) is 3.89. The zero-order chi connectivity index (χ0) is 16.9. The highest BCUT2D eigenvalue weighted by Gasteiger charge is 2.34. The molecule has 1 saturated heterocycles. The topological polar surface area (TPSA) is 58.6 Å². The van der Waals surface area contributed by atoms with E-state index in [1.807, 2.05) is 36.1 Å². The number of nitrogens with one attached hydrogen (secondary N) is 1. The first kappa shape index (κ1) is 16.8. The van der Waals surface area contributed by atoms with Gasteiger partial charge in [0.1, 0.15) is 5.75 Å². The molecule has 130 valence electrons. The molecular formula is C19H26N2O3. The Labute approximate surface area is 143 Å². The number of piperidine rings is 1. The van der Waals surface area contributed by atoms with Crippen LogP contribution in [-0.4, -0.2) is 42.5 Å². The lowest BCUT2D eigenvalue weighted by atomic mass is 9.97. The Morgan fingerprint density at radius 2 is 2.17 bits per heavy atom. The van der Waals surface area contributed by atoms with Crippen molar-refractivity contribution in [3.05, 3.63) is 29.8 Å². The molecule has 0 aromatic heterocycles. The molecule has 2 unspecified atom stereocenters. The maximum atomic E-state index is 12.8. The Morgan fingerprint density at radius 1 is 1.33 bits per heavy atom. The van der Waals surface area contributed by atoms with Crippen LogP contribution in [0.25, 0.3) is 0 Å². The largest absolute Gasteiger partial charge is 0.480 e. The van der Waals surface area contributed by atoms with E-state index in [0.717, 1.165) is 37.1 Å². The molecule has 2 aliphatic heterocycles. The van der Waals surface area contributed by atoms with Gasteiger partial charge >= 0.3 is 0 Å². The summed E-state index contributed by atoms with van der Waals surface area (Å²) >= 11 is 0. The predicted molar refractivity (Wildman–Crippen MR) is 91.8 cm³/mol. The van der Waals surface area contributed by atoms with Crippen molar-refractivity contribution in [2.75, 3.05) is 19.6 Å². The summed E-state index contributed by atoms with van der Waals surface area (Å²) in [4.78, 5) is 26.3. The van der Waals surface area contributed by atoms with Gasteiger partial charge in [-0.05, 0) is 36.8 Å². The van der Waals surface area contributed by atoms with Gasteiger partial charge < -0.3 is 15.0 Å². The Balaban J connectivity index is 1.52. The summed E-state index contributed by atoms with van der Waals surface area (Å²) in [5.74, 6) is 1.36. The van der Waals surface area contributed by atoms with Crippen LogP contribution in [0.3, 0.4) is 0 Å². The van der Waals surface area contributed by atoms with Gasteiger partial charge in [0.05, 0.1) is 0 Å². The number of benzene rings is 1. The van der Waals surface area contributed by atoms with Gasteiger partial charge in [-0.3, -0.25) is 9.59 Å². The minimum atomic E-state index is -0.393. The molecule has 1 N–H and O–H groups in total. The SMILES string of the molecule is CCCC(=O)NCC1CCCN(C(=O)C2Cc3ccccc3O2)C1. The van der Waals surface area contributed by atoms with E-state index in [-0.39, 0.29) is 11.8 Å². The summed E-state index contributed by atoms with van der Waals surface area (Å²) in [6, 6.07) is 7.85. The van der Waals surface area contributed by atoms with Gasteiger partial charge in [0.25, 0.3) is 5.91 Å². The molecule has 0 saturated carbocycles. The molecule has 1 fully saturated rings. The number of nitrogens with zero attached hydrogens (tertiary/aromatic N) is 1. The third-order valence-electron chi connectivity index (χ3n) is 4.82. The van der Waals surface area contributed by atoms with Crippen molar-refractivity contribution in [1.82, 2.24) is 10.2 Å². The summed E-state index contributed by atoms with van der Waals surface area (Å²) in [5.41, 5.74) is 1.11. The lowest BCUT2D eigenvalue weighted by Crippen LogP contribution is -2.48. The highest BCUT2D eigenvalue weighted by Crippen LogP contribution is 2.29. The van der Waals surface area contributed by atoms with Crippen molar-refractivity contribution in [1.29, 1.82) is 0 Å². The molecular weight excluding hydrogens is 304 g/mol. The van der Waals surface area contributed by atoms with Crippen LogP contribution in [0, 0.1) is 5.92 Å². The Morgan fingerprint density at radius 3 is 2.96 bits per heavy atom. The smallest absolute Gasteiger partial charge is 0.264 e. The molecule has 24 heavy (non-hydrogen) atoms. The molecule has 5 nitrogen and oxygen atoms in total. The first-order chi connectivity index (χ1) is 11.7. The number of hydrogen-bond acceptors (Lipinski definition) is 3. The van der Waals surface area contributed by atoms with Gasteiger partial charge in [-0.25, -0.2) is 0 Å². The highest BCUT2D eigenvalue weighted by atomic mass is 16.5. The van der Waals surface area contributed by atoms with Gasteiger partial charge in [-0.15, -0.1) is 0 Å². The van der Waals surface area contributed by atoms with E-state index in [1.165, 1.54) is 0 Å². The van der Waals surface area contributed by atoms with Crippen LogP contribution in [0.2, 0.25) is 0 Å². The molecule has 2 aliphatic rings. The van der Waals surface area contributed by atoms with Crippen LogP contribution in [0.1, 0.15) is 38.2 Å². The fourth-order valence-electron chi connectivity index (χ4n) is 3.53. The molecule has 1 aromatic rings. The minimum absolute atomic E-state index is 0.0794. The van der Waals surface area contributed by atoms with Gasteiger partial charge in [-0.1, -0.05) is 25.1 Å². The summed E-state index contributed by atoms with van der Waals surface area (Å²) in [5, 5.41) is 2.99. The molecule has 0 spiro atoms. The van der Waals surface area contributed by atoms with Crippen LogP contribution in [0.15, 0.2) is 24.3 Å². The molecule has 2 amide bonds. The normalized spacial score (nSPS) is 22.6. The van der Waals surface area contributed by atoms with Crippen molar-refractivity contribution >= 4 is 11.8 Å². The number of para-hydroxylation sites is 1. The lowest BCUT2D eigenvalue weighted by molar-refractivity contribution is -0.139. The van der Waals surface area contributed by atoms with Gasteiger partial charge in [0.2, 0.25) is 5.91 Å². The quantitative estimate of drug-likeness (QED) is 0.900. The van der Waals surface area contributed by atoms with Crippen LogP contribution in [0.4, 0.5) is 0 Å². The van der Waals surface area contributed by atoms with E-state index < -0.39 is 6.10 Å². The fraction of sp³-hybridized carbons (Fsp3) is 0.579. The number of likely N-dealkylation sites (tertiary alicyclic amines) is 1. The number of carbonyl (C=O) groups excluding carboxylic acids is 2. The second-order valence-electron chi connectivity index (χ2n) is 6.76. The lowest BCUT2D eigenvalue weighted by Gasteiger charge is -2.34. The first-order valence-electron chi connectivity index (χ1n) is 8.97. The average Bonchev–Trinajstić information content (AvgIpc) is 3.04. The number of rotatable bonds is 5. The van der Waals surface area contributed by atoms with E-state index in [4.69, 9.17) is 4.74 Å². The van der Waals surface area contributed by atoms with Gasteiger partial charge in [0, 0.05) is 32.5 Å². The van der Waals surface area contributed by atoms with Crippen LogP contribution >= 0.6 is 0 Å². The first-order valence-corrected chi connectivity index (χ1v) is 8.97. The molecule has 1 aromatic carbocycles. The Hall–Kier alpha value is -2.04.